The summed E-state index contributed by atoms with van der Waals surface area (Å²) in [5.74, 6) is 0.935. The number of aliphatic imine (C=N–C) groups is 1. The van der Waals surface area contributed by atoms with Gasteiger partial charge in [-0.15, -0.1) is 5.10 Å². The number of ether oxygens (including phenoxy) is 1. The Morgan fingerprint density at radius 3 is 2.59 bits per heavy atom. The van der Waals surface area contributed by atoms with Gasteiger partial charge < -0.3 is 9.64 Å². The van der Waals surface area contributed by atoms with Crippen LogP contribution in [-0.4, -0.2) is 34.6 Å². The predicted molar refractivity (Wildman–Crippen MR) is 106 cm³/mol. The summed E-state index contributed by atoms with van der Waals surface area (Å²) in [7, 11) is 1.99. The molecule has 0 radical (unpaired) electrons. The number of hydrogen-bond acceptors (Lipinski definition) is 3. The lowest BCUT2D eigenvalue weighted by Gasteiger charge is -2.11. The summed E-state index contributed by atoms with van der Waals surface area (Å²) >= 11 is 0. The van der Waals surface area contributed by atoms with Crippen molar-refractivity contribution in [2.45, 2.75) is 20.8 Å². The Morgan fingerprint density at radius 1 is 1.15 bits per heavy atom. The molecular formula is C21H23FN4O. The molecule has 0 saturated carbocycles. The van der Waals surface area contributed by atoms with Crippen molar-refractivity contribution in [3.05, 3.63) is 65.6 Å². The van der Waals surface area contributed by atoms with Crippen molar-refractivity contribution in [1.82, 2.24) is 14.7 Å². The first kappa shape index (κ1) is 18.6. The minimum Gasteiger partial charge on any atom is -0.437 e. The SMILES string of the molecule is CCN(C)C=Nc1cc(C)c(Oc2ccn(-c3ccc(F)cc3)n2)cc1C. The van der Waals surface area contributed by atoms with Gasteiger partial charge in [0.05, 0.1) is 17.7 Å². The molecule has 27 heavy (non-hydrogen) atoms. The van der Waals surface area contributed by atoms with E-state index in [1.807, 2.05) is 44.3 Å². The van der Waals surface area contributed by atoms with Crippen molar-refractivity contribution in [3.8, 4) is 17.3 Å². The molecule has 0 aliphatic rings. The van der Waals surface area contributed by atoms with Crippen LogP contribution in [0.1, 0.15) is 18.1 Å². The van der Waals surface area contributed by atoms with Crippen molar-refractivity contribution in [3.63, 3.8) is 0 Å². The zero-order chi connectivity index (χ0) is 19.4. The maximum absolute atomic E-state index is 13.1. The number of rotatable bonds is 6. The number of nitrogens with zero attached hydrogens (tertiary/aromatic N) is 4. The second kappa shape index (κ2) is 8.03. The largest absolute Gasteiger partial charge is 0.437 e. The Kier molecular flexibility index (Phi) is 5.54. The van der Waals surface area contributed by atoms with Crippen LogP contribution in [0.3, 0.4) is 0 Å². The molecule has 0 atom stereocenters. The first-order valence-electron chi connectivity index (χ1n) is 8.81. The minimum absolute atomic E-state index is 0.277. The molecule has 6 heteroatoms. The van der Waals surface area contributed by atoms with E-state index < -0.39 is 0 Å². The van der Waals surface area contributed by atoms with Gasteiger partial charge in [0.25, 0.3) is 0 Å². The molecule has 5 nitrogen and oxygen atoms in total. The molecule has 0 aliphatic heterocycles. The van der Waals surface area contributed by atoms with E-state index in [2.05, 4.69) is 17.0 Å². The van der Waals surface area contributed by atoms with E-state index >= 15 is 0 Å². The van der Waals surface area contributed by atoms with Crippen LogP contribution >= 0.6 is 0 Å². The summed E-state index contributed by atoms with van der Waals surface area (Å²) in [6.45, 7) is 6.96. The van der Waals surface area contributed by atoms with Crippen LogP contribution in [0.15, 0.2) is 53.7 Å². The highest BCUT2D eigenvalue weighted by atomic mass is 19.1. The zero-order valence-electron chi connectivity index (χ0n) is 16.0. The molecule has 3 rings (SSSR count). The quantitative estimate of drug-likeness (QED) is 0.454. The Labute approximate surface area is 158 Å². The molecular weight excluding hydrogens is 343 g/mol. The number of hydrogen-bond donors (Lipinski definition) is 0. The summed E-state index contributed by atoms with van der Waals surface area (Å²) in [5.41, 5.74) is 3.68. The summed E-state index contributed by atoms with van der Waals surface area (Å²) in [4.78, 5) is 6.55. The Bertz CT molecular complexity index is 947. The average Bonchev–Trinajstić information content (AvgIpc) is 3.12. The highest BCUT2D eigenvalue weighted by Gasteiger charge is 2.09. The van der Waals surface area contributed by atoms with Crippen LogP contribution in [0.25, 0.3) is 5.69 Å². The molecule has 2 aromatic carbocycles. The van der Waals surface area contributed by atoms with Gasteiger partial charge in [0.1, 0.15) is 11.6 Å². The average molecular weight is 366 g/mol. The van der Waals surface area contributed by atoms with Crippen molar-refractivity contribution < 1.29 is 9.13 Å². The van der Waals surface area contributed by atoms with Gasteiger partial charge in [0, 0.05) is 25.9 Å². The third kappa shape index (κ3) is 4.53. The Hall–Kier alpha value is -3.15. The number of aryl methyl sites for hydroxylation is 2. The number of aromatic nitrogens is 2. The number of halogens is 1. The lowest BCUT2D eigenvalue weighted by molar-refractivity contribution is 0.454. The van der Waals surface area contributed by atoms with E-state index in [-0.39, 0.29) is 5.82 Å². The fourth-order valence-electron chi connectivity index (χ4n) is 2.48. The zero-order valence-corrected chi connectivity index (χ0v) is 16.0. The van der Waals surface area contributed by atoms with Crippen molar-refractivity contribution >= 4 is 12.0 Å². The van der Waals surface area contributed by atoms with Crippen molar-refractivity contribution in [2.24, 2.45) is 4.99 Å². The summed E-state index contributed by atoms with van der Waals surface area (Å²) < 4.78 is 20.7. The summed E-state index contributed by atoms with van der Waals surface area (Å²) in [6, 6.07) is 11.9. The molecule has 0 bridgehead atoms. The van der Waals surface area contributed by atoms with Gasteiger partial charge in [-0.1, -0.05) is 0 Å². The molecule has 0 spiro atoms. The fraction of sp³-hybridized carbons (Fsp3) is 0.238. The first-order valence-corrected chi connectivity index (χ1v) is 8.81. The molecule has 0 unspecified atom stereocenters. The van der Waals surface area contributed by atoms with Gasteiger partial charge in [-0.05, 0) is 68.3 Å². The van der Waals surface area contributed by atoms with Gasteiger partial charge in [-0.25, -0.2) is 14.1 Å². The van der Waals surface area contributed by atoms with Crippen LogP contribution in [0.4, 0.5) is 10.1 Å². The standard InChI is InChI=1S/C21H23FN4O/c1-5-25(4)14-23-19-12-16(3)20(13-15(19)2)27-21-10-11-26(24-21)18-8-6-17(22)7-9-18/h6-14H,5H2,1-4H3. The molecule has 140 valence electrons. The smallest absolute Gasteiger partial charge is 0.238 e. The van der Waals surface area contributed by atoms with Crippen molar-refractivity contribution in [1.29, 1.82) is 0 Å². The maximum Gasteiger partial charge on any atom is 0.238 e. The van der Waals surface area contributed by atoms with E-state index in [1.165, 1.54) is 12.1 Å². The van der Waals surface area contributed by atoms with Crippen LogP contribution in [0.5, 0.6) is 11.6 Å². The third-order valence-corrected chi connectivity index (χ3v) is 4.26. The van der Waals surface area contributed by atoms with Gasteiger partial charge in [0.2, 0.25) is 5.88 Å². The second-order valence-corrected chi connectivity index (χ2v) is 6.40. The van der Waals surface area contributed by atoms with Crippen molar-refractivity contribution in [2.75, 3.05) is 13.6 Å². The third-order valence-electron chi connectivity index (χ3n) is 4.26. The Morgan fingerprint density at radius 2 is 1.89 bits per heavy atom. The maximum atomic E-state index is 13.1. The first-order chi connectivity index (χ1) is 13.0. The molecule has 0 saturated heterocycles. The molecule has 1 aromatic heterocycles. The second-order valence-electron chi connectivity index (χ2n) is 6.40. The van der Waals surface area contributed by atoms with E-state index in [4.69, 9.17) is 4.74 Å². The lowest BCUT2D eigenvalue weighted by atomic mass is 10.1. The van der Waals surface area contributed by atoms with E-state index in [9.17, 15) is 4.39 Å². The van der Waals surface area contributed by atoms with Crippen LogP contribution < -0.4 is 4.74 Å². The predicted octanol–water partition coefficient (Wildman–Crippen LogP) is 5.03. The molecule has 0 fully saturated rings. The fourth-order valence-corrected chi connectivity index (χ4v) is 2.48. The van der Waals surface area contributed by atoms with E-state index in [0.717, 1.165) is 34.8 Å². The molecule has 3 aromatic rings. The van der Waals surface area contributed by atoms with Gasteiger partial charge in [-0.3, -0.25) is 0 Å². The summed E-state index contributed by atoms with van der Waals surface area (Å²) in [5, 5.41) is 4.40. The van der Waals surface area contributed by atoms with E-state index in [1.54, 1.807) is 29.1 Å². The summed E-state index contributed by atoms with van der Waals surface area (Å²) in [6.07, 6.45) is 3.61. The van der Waals surface area contributed by atoms with Gasteiger partial charge in [-0.2, -0.15) is 0 Å². The van der Waals surface area contributed by atoms with E-state index in [0.29, 0.717) is 5.88 Å². The highest BCUT2D eigenvalue weighted by Crippen LogP contribution is 2.31. The molecule has 0 amide bonds. The number of benzene rings is 2. The molecule has 0 aliphatic carbocycles. The minimum atomic E-state index is -0.277. The van der Waals surface area contributed by atoms with Crippen LogP contribution in [-0.2, 0) is 0 Å². The van der Waals surface area contributed by atoms with Crippen LogP contribution in [0.2, 0.25) is 0 Å². The topological polar surface area (TPSA) is 42.6 Å². The lowest BCUT2D eigenvalue weighted by Crippen LogP contribution is -2.14. The molecule has 0 N–H and O–H groups in total. The van der Waals surface area contributed by atoms with Crippen LogP contribution in [0, 0.1) is 19.7 Å². The van der Waals surface area contributed by atoms with Gasteiger partial charge >= 0.3 is 0 Å². The highest BCUT2D eigenvalue weighted by molar-refractivity contribution is 5.64. The Balaban J connectivity index is 1.79. The molecule has 1 heterocycles. The normalized spacial score (nSPS) is 11.1. The monoisotopic (exact) mass is 366 g/mol. The van der Waals surface area contributed by atoms with Gasteiger partial charge in [0.15, 0.2) is 0 Å².